The summed E-state index contributed by atoms with van der Waals surface area (Å²) in [6, 6.07) is 12.7. The number of carbonyl (C=O) groups is 2. The summed E-state index contributed by atoms with van der Waals surface area (Å²) in [6.07, 6.45) is 2.59. The molecule has 0 unspecified atom stereocenters. The van der Waals surface area contributed by atoms with Crippen molar-refractivity contribution in [2.75, 3.05) is 7.11 Å². The van der Waals surface area contributed by atoms with Crippen LogP contribution in [0.4, 0.5) is 4.79 Å². The highest BCUT2D eigenvalue weighted by atomic mass is 16.5. The van der Waals surface area contributed by atoms with Crippen LogP contribution in [0.25, 0.3) is 6.08 Å². The van der Waals surface area contributed by atoms with Crippen LogP contribution in [-0.4, -0.2) is 30.1 Å². The second-order valence-corrected chi connectivity index (χ2v) is 7.12. The van der Waals surface area contributed by atoms with Crippen molar-refractivity contribution >= 4 is 18.0 Å². The number of amides is 3. The quantitative estimate of drug-likeness (QED) is 0.562. The van der Waals surface area contributed by atoms with E-state index >= 15 is 0 Å². The van der Waals surface area contributed by atoms with E-state index in [4.69, 9.17) is 9.47 Å². The van der Waals surface area contributed by atoms with E-state index in [1.165, 1.54) is 4.90 Å². The molecule has 0 radical (unpaired) electrons. The molecule has 3 amide bonds. The molecule has 0 bridgehead atoms. The van der Waals surface area contributed by atoms with Crippen molar-refractivity contribution in [3.8, 4) is 11.5 Å². The van der Waals surface area contributed by atoms with Gasteiger partial charge >= 0.3 is 6.03 Å². The van der Waals surface area contributed by atoms with E-state index < -0.39 is 6.03 Å². The second-order valence-electron chi connectivity index (χ2n) is 7.12. The van der Waals surface area contributed by atoms with Crippen LogP contribution in [0, 0.1) is 6.92 Å². The first-order valence-electron chi connectivity index (χ1n) is 9.66. The normalized spacial score (nSPS) is 16.1. The molecule has 0 spiro atoms. The molecule has 1 heterocycles. The van der Waals surface area contributed by atoms with Gasteiger partial charge in [0.2, 0.25) is 0 Å². The van der Waals surface area contributed by atoms with Crippen molar-refractivity contribution in [2.45, 2.75) is 39.8 Å². The van der Waals surface area contributed by atoms with Crippen molar-refractivity contribution in [2.24, 2.45) is 0 Å². The second kappa shape index (κ2) is 8.82. The highest BCUT2D eigenvalue weighted by Gasteiger charge is 2.33. The molecule has 6 nitrogen and oxygen atoms in total. The molecule has 2 aromatic rings. The van der Waals surface area contributed by atoms with Gasteiger partial charge in [0, 0.05) is 0 Å². The fraction of sp³-hybridized carbons (Fsp3) is 0.304. The predicted molar refractivity (Wildman–Crippen MR) is 112 cm³/mol. The number of rotatable bonds is 7. The van der Waals surface area contributed by atoms with Crippen LogP contribution in [0.3, 0.4) is 0 Å². The Labute approximate surface area is 171 Å². The molecule has 3 rings (SSSR count). The molecule has 1 fully saturated rings. The van der Waals surface area contributed by atoms with Crippen molar-refractivity contribution < 1.29 is 19.1 Å². The number of nitrogens with one attached hydrogen (secondary N) is 1. The maximum atomic E-state index is 12.7. The zero-order chi connectivity index (χ0) is 21.0. The predicted octanol–water partition coefficient (Wildman–Crippen LogP) is 4.27. The molecular formula is C23H26N2O4. The number of hydrogen-bond donors (Lipinski definition) is 1. The van der Waals surface area contributed by atoms with Crippen molar-refractivity contribution in [1.82, 2.24) is 10.2 Å². The van der Waals surface area contributed by atoms with E-state index in [9.17, 15) is 9.59 Å². The minimum Gasteiger partial charge on any atom is -0.493 e. The Kier molecular flexibility index (Phi) is 6.22. The number of methoxy groups -OCH3 is 1. The highest BCUT2D eigenvalue weighted by molar-refractivity contribution is 6.13. The number of benzene rings is 2. The lowest BCUT2D eigenvalue weighted by molar-refractivity contribution is -0.123. The summed E-state index contributed by atoms with van der Waals surface area (Å²) < 4.78 is 11.3. The summed E-state index contributed by atoms with van der Waals surface area (Å²) in [5.41, 5.74) is 2.96. The van der Waals surface area contributed by atoms with Gasteiger partial charge in [0.05, 0.1) is 19.8 Å². The highest BCUT2D eigenvalue weighted by Crippen LogP contribution is 2.30. The molecule has 0 aromatic heterocycles. The van der Waals surface area contributed by atoms with E-state index in [1.807, 2.05) is 57.2 Å². The summed E-state index contributed by atoms with van der Waals surface area (Å²) in [5, 5.41) is 2.66. The third-order valence-electron chi connectivity index (χ3n) is 4.79. The molecule has 0 saturated carbocycles. The van der Waals surface area contributed by atoms with E-state index in [0.29, 0.717) is 11.5 Å². The topological polar surface area (TPSA) is 67.9 Å². The Balaban J connectivity index is 1.80. The largest absolute Gasteiger partial charge is 0.493 e. The Bertz CT molecular complexity index is 952. The zero-order valence-electron chi connectivity index (χ0n) is 17.2. The summed E-state index contributed by atoms with van der Waals surface area (Å²) >= 11 is 0. The number of ether oxygens (including phenoxy) is 2. The standard InChI is InChI=1S/C23H26N2O4/c1-5-16(3)29-20-10-9-17(13-21(20)28-4)12-19-22(26)25(23(27)24-19)14-18-8-6-7-15(2)11-18/h6-13,16H,5,14H2,1-4H3,(H,24,27)/b19-12+/t16-/m1/s1. The molecule has 6 heteroatoms. The maximum Gasteiger partial charge on any atom is 0.329 e. The molecule has 0 aliphatic carbocycles. The first kappa shape index (κ1) is 20.5. The van der Waals surface area contributed by atoms with Gasteiger partial charge in [-0.3, -0.25) is 9.69 Å². The molecule has 1 aliphatic rings. The summed E-state index contributed by atoms with van der Waals surface area (Å²) in [6.45, 7) is 6.25. The van der Waals surface area contributed by atoms with E-state index in [-0.39, 0.29) is 24.3 Å². The number of nitrogens with zero attached hydrogens (tertiary/aromatic N) is 1. The molecule has 29 heavy (non-hydrogen) atoms. The van der Waals surface area contributed by atoms with Crippen molar-refractivity contribution in [3.63, 3.8) is 0 Å². The van der Waals surface area contributed by atoms with Crippen molar-refractivity contribution in [3.05, 3.63) is 64.9 Å². The third-order valence-corrected chi connectivity index (χ3v) is 4.79. The van der Waals surface area contributed by atoms with Gasteiger partial charge in [-0.25, -0.2) is 4.79 Å². The van der Waals surface area contributed by atoms with Gasteiger partial charge in [0.25, 0.3) is 5.91 Å². The lowest BCUT2D eigenvalue weighted by Gasteiger charge is -2.15. The van der Waals surface area contributed by atoms with Gasteiger partial charge < -0.3 is 14.8 Å². The average molecular weight is 394 g/mol. The fourth-order valence-electron chi connectivity index (χ4n) is 3.05. The number of carbonyl (C=O) groups excluding carboxylic acids is 2. The Morgan fingerprint density at radius 3 is 2.62 bits per heavy atom. The summed E-state index contributed by atoms with van der Waals surface area (Å²) in [4.78, 5) is 26.3. The van der Waals surface area contributed by atoms with Gasteiger partial charge in [-0.2, -0.15) is 0 Å². The van der Waals surface area contributed by atoms with E-state index in [1.54, 1.807) is 19.3 Å². The lowest BCUT2D eigenvalue weighted by Crippen LogP contribution is -2.30. The van der Waals surface area contributed by atoms with Gasteiger partial charge in [-0.1, -0.05) is 42.8 Å². The molecule has 1 atom stereocenters. The van der Waals surface area contributed by atoms with Gasteiger partial charge in [0.1, 0.15) is 5.70 Å². The molecule has 2 aromatic carbocycles. The van der Waals surface area contributed by atoms with E-state index in [0.717, 1.165) is 23.1 Å². The molecule has 152 valence electrons. The number of hydrogen-bond acceptors (Lipinski definition) is 4. The van der Waals surface area contributed by atoms with Crippen LogP contribution in [0.5, 0.6) is 11.5 Å². The SMILES string of the molecule is CC[C@@H](C)Oc1ccc(/C=C2/NC(=O)N(Cc3cccc(C)c3)C2=O)cc1OC. The number of urea groups is 1. The minimum absolute atomic E-state index is 0.0685. The first-order chi connectivity index (χ1) is 13.9. The summed E-state index contributed by atoms with van der Waals surface area (Å²) in [7, 11) is 1.57. The van der Waals surface area contributed by atoms with Gasteiger partial charge in [-0.15, -0.1) is 0 Å². The maximum absolute atomic E-state index is 12.7. The van der Waals surface area contributed by atoms with Crippen LogP contribution in [0.2, 0.25) is 0 Å². The number of aryl methyl sites for hydroxylation is 1. The van der Waals surface area contributed by atoms with Crippen LogP contribution >= 0.6 is 0 Å². The number of imide groups is 1. The smallest absolute Gasteiger partial charge is 0.329 e. The summed E-state index contributed by atoms with van der Waals surface area (Å²) in [5.74, 6) is 0.871. The molecule has 1 saturated heterocycles. The third kappa shape index (κ3) is 4.77. The Morgan fingerprint density at radius 2 is 1.93 bits per heavy atom. The molecule has 1 N–H and O–H groups in total. The Morgan fingerprint density at radius 1 is 1.14 bits per heavy atom. The zero-order valence-corrected chi connectivity index (χ0v) is 17.2. The molecule has 1 aliphatic heterocycles. The monoisotopic (exact) mass is 394 g/mol. The van der Waals surface area contributed by atoms with E-state index in [2.05, 4.69) is 5.32 Å². The van der Waals surface area contributed by atoms with Crippen LogP contribution in [0.15, 0.2) is 48.2 Å². The Hall–Kier alpha value is -3.28. The van der Waals surface area contributed by atoms with Gasteiger partial charge in [0.15, 0.2) is 11.5 Å². The fourth-order valence-corrected chi connectivity index (χ4v) is 3.05. The first-order valence-corrected chi connectivity index (χ1v) is 9.66. The van der Waals surface area contributed by atoms with Crippen molar-refractivity contribution in [1.29, 1.82) is 0 Å². The van der Waals surface area contributed by atoms with Crippen LogP contribution in [0.1, 0.15) is 37.0 Å². The van der Waals surface area contributed by atoms with Gasteiger partial charge in [-0.05, 0) is 49.6 Å². The van der Waals surface area contributed by atoms with Crippen LogP contribution in [-0.2, 0) is 11.3 Å². The molecular weight excluding hydrogens is 368 g/mol. The van der Waals surface area contributed by atoms with Crippen LogP contribution < -0.4 is 14.8 Å². The average Bonchev–Trinajstić information content (AvgIpc) is 2.96. The minimum atomic E-state index is -0.425. The lowest BCUT2D eigenvalue weighted by atomic mass is 10.1.